The maximum absolute atomic E-state index is 12.3. The second-order valence-electron chi connectivity index (χ2n) is 7.31. The average Bonchev–Trinajstić information content (AvgIpc) is 3.02. The van der Waals surface area contributed by atoms with Gasteiger partial charge in [0.1, 0.15) is 5.69 Å². The fourth-order valence-electron chi connectivity index (χ4n) is 3.81. The number of hydrogen-bond acceptors (Lipinski definition) is 2. The fourth-order valence-corrected chi connectivity index (χ4v) is 3.81. The first-order valence-corrected chi connectivity index (χ1v) is 9.77. The van der Waals surface area contributed by atoms with Crippen molar-refractivity contribution in [3.8, 4) is 0 Å². The van der Waals surface area contributed by atoms with Crippen LogP contribution in [0.2, 0.25) is 0 Å². The molecule has 0 saturated heterocycles. The van der Waals surface area contributed by atoms with Gasteiger partial charge in [0.15, 0.2) is 0 Å². The van der Waals surface area contributed by atoms with Crippen molar-refractivity contribution in [2.24, 2.45) is 0 Å². The van der Waals surface area contributed by atoms with Crippen molar-refractivity contribution in [2.45, 2.75) is 26.6 Å². The minimum Gasteiger partial charge on any atom is -0.477 e. The molecular weight excluding hydrogens is 360 g/mol. The number of benzene rings is 3. The van der Waals surface area contributed by atoms with Crippen LogP contribution in [0.15, 0.2) is 78.9 Å². The van der Waals surface area contributed by atoms with Crippen LogP contribution in [0.25, 0.3) is 10.9 Å². The normalized spacial score (nSPS) is 11.1. The maximum atomic E-state index is 12.3. The Labute approximate surface area is 170 Å². The smallest absolute Gasteiger partial charge is 0.352 e. The molecule has 0 aliphatic heterocycles. The molecule has 0 atom stereocenters. The third-order valence-electron chi connectivity index (χ3n) is 5.18. The van der Waals surface area contributed by atoms with Crippen LogP contribution in [0, 0.1) is 6.92 Å². The molecule has 4 heteroatoms. The van der Waals surface area contributed by atoms with E-state index in [0.717, 1.165) is 27.6 Å². The molecule has 4 rings (SSSR count). The number of carboxylic acid groups (broad SMARTS) is 1. The number of aromatic nitrogens is 1. The fraction of sp³-hybridized carbons (Fsp3) is 0.160. The standard InChI is InChI=1S/C25H24N2O2/c1-18-12-13-21-22(16-26-15-19-8-4-2-5-9-19)24(25(28)29)27(23(21)14-18)17-20-10-6-3-7-11-20/h2-14,26H,15-17H2,1H3,(H,28,29). The lowest BCUT2D eigenvalue weighted by atomic mass is 10.1. The second-order valence-corrected chi connectivity index (χ2v) is 7.31. The summed E-state index contributed by atoms with van der Waals surface area (Å²) < 4.78 is 1.93. The number of aryl methyl sites for hydroxylation is 1. The Bertz CT molecular complexity index is 1130. The van der Waals surface area contributed by atoms with Gasteiger partial charge in [0, 0.05) is 36.1 Å². The third kappa shape index (κ3) is 4.08. The topological polar surface area (TPSA) is 54.3 Å². The van der Waals surface area contributed by atoms with Gasteiger partial charge in [-0.05, 0) is 29.7 Å². The van der Waals surface area contributed by atoms with Crippen molar-refractivity contribution in [2.75, 3.05) is 0 Å². The van der Waals surface area contributed by atoms with Crippen molar-refractivity contribution in [1.29, 1.82) is 0 Å². The molecule has 0 amide bonds. The SMILES string of the molecule is Cc1ccc2c(CNCc3ccccc3)c(C(=O)O)n(Cc3ccccc3)c2c1. The first-order valence-electron chi connectivity index (χ1n) is 9.77. The number of fused-ring (bicyclic) bond motifs is 1. The molecule has 1 heterocycles. The number of nitrogens with zero attached hydrogens (tertiary/aromatic N) is 1. The quantitative estimate of drug-likeness (QED) is 0.472. The van der Waals surface area contributed by atoms with E-state index in [9.17, 15) is 9.90 Å². The predicted octanol–water partition coefficient (Wildman–Crippen LogP) is 4.99. The number of hydrogen-bond donors (Lipinski definition) is 2. The van der Waals surface area contributed by atoms with Gasteiger partial charge < -0.3 is 15.0 Å². The van der Waals surface area contributed by atoms with Crippen molar-refractivity contribution >= 4 is 16.9 Å². The highest BCUT2D eigenvalue weighted by Crippen LogP contribution is 2.28. The van der Waals surface area contributed by atoms with Gasteiger partial charge in [0.05, 0.1) is 0 Å². The number of rotatable bonds is 7. The van der Waals surface area contributed by atoms with Crippen LogP contribution in [0.4, 0.5) is 0 Å². The summed E-state index contributed by atoms with van der Waals surface area (Å²) in [6.45, 7) is 3.75. The van der Waals surface area contributed by atoms with Crippen molar-refractivity contribution in [1.82, 2.24) is 9.88 Å². The average molecular weight is 384 g/mol. The zero-order valence-electron chi connectivity index (χ0n) is 16.4. The Kier molecular flexibility index (Phi) is 5.45. The summed E-state index contributed by atoms with van der Waals surface area (Å²) in [6.07, 6.45) is 0. The highest BCUT2D eigenvalue weighted by molar-refractivity contribution is 5.98. The molecule has 1 aromatic heterocycles. The van der Waals surface area contributed by atoms with E-state index in [-0.39, 0.29) is 0 Å². The molecule has 0 fully saturated rings. The lowest BCUT2D eigenvalue weighted by molar-refractivity contribution is 0.0685. The summed E-state index contributed by atoms with van der Waals surface area (Å²) in [7, 11) is 0. The Balaban J connectivity index is 1.74. The highest BCUT2D eigenvalue weighted by atomic mass is 16.4. The lowest BCUT2D eigenvalue weighted by Crippen LogP contribution is -2.17. The zero-order valence-corrected chi connectivity index (χ0v) is 16.4. The molecule has 29 heavy (non-hydrogen) atoms. The molecule has 0 radical (unpaired) electrons. The minimum atomic E-state index is -0.897. The minimum absolute atomic E-state index is 0.356. The zero-order chi connectivity index (χ0) is 20.2. The Morgan fingerprint density at radius 3 is 2.21 bits per heavy atom. The Morgan fingerprint density at radius 2 is 1.55 bits per heavy atom. The third-order valence-corrected chi connectivity index (χ3v) is 5.18. The molecule has 4 aromatic rings. The summed E-state index contributed by atoms with van der Waals surface area (Å²) >= 11 is 0. The lowest BCUT2D eigenvalue weighted by Gasteiger charge is -2.10. The van der Waals surface area contributed by atoms with Crippen molar-refractivity contribution in [3.05, 3.63) is 107 Å². The molecule has 2 N–H and O–H groups in total. The highest BCUT2D eigenvalue weighted by Gasteiger charge is 2.22. The predicted molar refractivity (Wildman–Crippen MR) is 116 cm³/mol. The Hall–Kier alpha value is -3.37. The van der Waals surface area contributed by atoms with Crippen LogP contribution in [-0.2, 0) is 19.6 Å². The largest absolute Gasteiger partial charge is 0.477 e. The molecule has 0 bridgehead atoms. The molecule has 3 aromatic carbocycles. The molecule has 0 aliphatic rings. The van der Waals surface area contributed by atoms with Crippen LogP contribution in [0.1, 0.15) is 32.7 Å². The van der Waals surface area contributed by atoms with E-state index in [0.29, 0.717) is 25.3 Å². The van der Waals surface area contributed by atoms with Gasteiger partial charge in [0.2, 0.25) is 0 Å². The van der Waals surface area contributed by atoms with E-state index in [1.807, 2.05) is 72.2 Å². The first kappa shape index (κ1) is 19.0. The molecule has 146 valence electrons. The molecule has 0 saturated carbocycles. The van der Waals surface area contributed by atoms with Crippen LogP contribution >= 0.6 is 0 Å². The number of aromatic carboxylic acids is 1. The number of carbonyl (C=O) groups is 1. The van der Waals surface area contributed by atoms with Gasteiger partial charge in [-0.2, -0.15) is 0 Å². The maximum Gasteiger partial charge on any atom is 0.352 e. The summed E-state index contributed by atoms with van der Waals surface area (Å²) in [5.74, 6) is -0.897. The molecule has 4 nitrogen and oxygen atoms in total. The van der Waals surface area contributed by atoms with Crippen LogP contribution in [0.5, 0.6) is 0 Å². The molecule has 0 unspecified atom stereocenters. The van der Waals surface area contributed by atoms with Gasteiger partial charge in [-0.25, -0.2) is 4.79 Å². The van der Waals surface area contributed by atoms with E-state index < -0.39 is 5.97 Å². The number of nitrogens with one attached hydrogen (secondary N) is 1. The van der Waals surface area contributed by atoms with Gasteiger partial charge >= 0.3 is 5.97 Å². The molecule has 0 spiro atoms. The van der Waals surface area contributed by atoms with Gasteiger partial charge in [-0.1, -0.05) is 72.8 Å². The van der Waals surface area contributed by atoms with Crippen LogP contribution in [-0.4, -0.2) is 15.6 Å². The van der Waals surface area contributed by atoms with Crippen molar-refractivity contribution in [3.63, 3.8) is 0 Å². The van der Waals surface area contributed by atoms with E-state index in [1.54, 1.807) is 0 Å². The van der Waals surface area contributed by atoms with E-state index in [4.69, 9.17) is 0 Å². The van der Waals surface area contributed by atoms with E-state index in [1.165, 1.54) is 5.56 Å². The summed E-state index contributed by atoms with van der Waals surface area (Å²) in [5, 5.41) is 14.5. The number of carboxylic acids is 1. The monoisotopic (exact) mass is 384 g/mol. The van der Waals surface area contributed by atoms with E-state index >= 15 is 0 Å². The van der Waals surface area contributed by atoms with Crippen molar-refractivity contribution < 1.29 is 9.90 Å². The van der Waals surface area contributed by atoms with Gasteiger partial charge in [0.25, 0.3) is 0 Å². The van der Waals surface area contributed by atoms with Gasteiger partial charge in [-0.3, -0.25) is 0 Å². The van der Waals surface area contributed by atoms with Gasteiger partial charge in [-0.15, -0.1) is 0 Å². The van der Waals surface area contributed by atoms with Crippen LogP contribution < -0.4 is 5.32 Å². The van der Waals surface area contributed by atoms with E-state index in [2.05, 4.69) is 23.5 Å². The summed E-state index contributed by atoms with van der Waals surface area (Å²) in [5.41, 5.74) is 5.52. The molecule has 0 aliphatic carbocycles. The van der Waals surface area contributed by atoms with Crippen LogP contribution in [0.3, 0.4) is 0 Å². The first-order chi connectivity index (χ1) is 14.1. The summed E-state index contributed by atoms with van der Waals surface area (Å²) in [4.78, 5) is 12.3. The summed E-state index contributed by atoms with van der Waals surface area (Å²) in [6, 6.07) is 26.3. The Morgan fingerprint density at radius 1 is 0.897 bits per heavy atom. The second kappa shape index (κ2) is 8.33. The molecular formula is C25H24N2O2.